The van der Waals surface area contributed by atoms with E-state index in [1.807, 2.05) is 24.3 Å². The summed E-state index contributed by atoms with van der Waals surface area (Å²) >= 11 is 3.35. The smallest absolute Gasteiger partial charge is 0.344 e. The lowest BCUT2D eigenvalue weighted by Gasteiger charge is -2.10. The second-order valence-electron chi connectivity index (χ2n) is 4.72. The van der Waals surface area contributed by atoms with Gasteiger partial charge in [0, 0.05) is 11.5 Å². The molecule has 0 saturated heterocycles. The van der Waals surface area contributed by atoms with Crippen LogP contribution in [0.5, 0.6) is 0 Å². The SMILES string of the molecule is Cc1nn(C)c(=O)c(C(=O)OCc2cccc(Br)c2)c1C. The lowest BCUT2D eigenvalue weighted by Crippen LogP contribution is -2.29. The number of halogens is 1. The second-order valence-corrected chi connectivity index (χ2v) is 5.64. The van der Waals surface area contributed by atoms with Gasteiger partial charge in [-0.25, -0.2) is 9.48 Å². The van der Waals surface area contributed by atoms with Crippen LogP contribution in [-0.2, 0) is 18.4 Å². The van der Waals surface area contributed by atoms with Gasteiger partial charge in [0.2, 0.25) is 0 Å². The van der Waals surface area contributed by atoms with E-state index in [9.17, 15) is 9.59 Å². The summed E-state index contributed by atoms with van der Waals surface area (Å²) in [5, 5.41) is 4.04. The average Bonchev–Trinajstić information content (AvgIpc) is 2.43. The molecule has 110 valence electrons. The fraction of sp³-hybridized carbons (Fsp3) is 0.267. The maximum absolute atomic E-state index is 12.2. The first-order valence-corrected chi connectivity index (χ1v) is 7.15. The topological polar surface area (TPSA) is 61.2 Å². The van der Waals surface area contributed by atoms with Crippen molar-refractivity contribution in [3.05, 3.63) is 61.5 Å². The van der Waals surface area contributed by atoms with Crippen molar-refractivity contribution in [2.75, 3.05) is 0 Å². The van der Waals surface area contributed by atoms with E-state index in [1.54, 1.807) is 13.8 Å². The number of aromatic nitrogens is 2. The summed E-state index contributed by atoms with van der Waals surface area (Å²) in [5.41, 5.74) is 1.62. The number of hydrogen-bond donors (Lipinski definition) is 0. The Bertz CT molecular complexity index is 753. The predicted molar refractivity (Wildman–Crippen MR) is 82.2 cm³/mol. The van der Waals surface area contributed by atoms with Crippen LogP contribution in [0, 0.1) is 13.8 Å². The van der Waals surface area contributed by atoms with E-state index in [0.29, 0.717) is 11.3 Å². The zero-order valence-corrected chi connectivity index (χ0v) is 13.6. The van der Waals surface area contributed by atoms with E-state index in [1.165, 1.54) is 7.05 Å². The summed E-state index contributed by atoms with van der Waals surface area (Å²) in [6.45, 7) is 3.56. The van der Waals surface area contributed by atoms with Gasteiger partial charge < -0.3 is 4.74 Å². The van der Waals surface area contributed by atoms with Gasteiger partial charge in [-0.3, -0.25) is 4.79 Å². The van der Waals surface area contributed by atoms with Crippen LogP contribution in [0.15, 0.2) is 33.5 Å². The van der Waals surface area contributed by atoms with Crippen molar-refractivity contribution in [1.29, 1.82) is 0 Å². The van der Waals surface area contributed by atoms with Crippen molar-refractivity contribution < 1.29 is 9.53 Å². The molecule has 0 unspecified atom stereocenters. The highest BCUT2D eigenvalue weighted by molar-refractivity contribution is 9.10. The van der Waals surface area contributed by atoms with Crippen molar-refractivity contribution in [3.63, 3.8) is 0 Å². The molecule has 5 nitrogen and oxygen atoms in total. The molecule has 0 spiro atoms. The molecule has 2 rings (SSSR count). The first-order valence-electron chi connectivity index (χ1n) is 6.36. The maximum Gasteiger partial charge on any atom is 0.344 e. The van der Waals surface area contributed by atoms with Gasteiger partial charge in [0.05, 0.1) is 5.69 Å². The first-order chi connectivity index (χ1) is 9.90. The van der Waals surface area contributed by atoms with E-state index in [2.05, 4.69) is 21.0 Å². The Labute approximate surface area is 130 Å². The van der Waals surface area contributed by atoms with Crippen LogP contribution in [0.1, 0.15) is 27.2 Å². The third-order valence-corrected chi connectivity index (χ3v) is 3.68. The molecule has 2 aromatic rings. The molecule has 0 fully saturated rings. The number of carbonyl (C=O) groups excluding carboxylic acids is 1. The standard InChI is InChI=1S/C15H15BrN2O3/c1-9-10(2)17-18(3)14(19)13(9)15(20)21-8-11-5-4-6-12(16)7-11/h4-7H,8H2,1-3H3. The molecule has 0 aliphatic heterocycles. The normalized spacial score (nSPS) is 10.5. The Morgan fingerprint density at radius 2 is 2.10 bits per heavy atom. The Kier molecular flexibility index (Phi) is 4.57. The van der Waals surface area contributed by atoms with Crippen LogP contribution in [0.25, 0.3) is 0 Å². The fourth-order valence-electron chi connectivity index (χ4n) is 1.94. The monoisotopic (exact) mass is 350 g/mol. The zero-order chi connectivity index (χ0) is 15.6. The summed E-state index contributed by atoms with van der Waals surface area (Å²) < 4.78 is 7.30. The molecule has 1 aromatic heterocycles. The van der Waals surface area contributed by atoms with Crippen LogP contribution < -0.4 is 5.56 Å². The Hall–Kier alpha value is -1.95. The number of carbonyl (C=O) groups is 1. The highest BCUT2D eigenvalue weighted by atomic mass is 79.9. The summed E-state index contributed by atoms with van der Waals surface area (Å²) in [5.74, 6) is -0.626. The van der Waals surface area contributed by atoms with Crippen LogP contribution in [0.4, 0.5) is 0 Å². The molecule has 21 heavy (non-hydrogen) atoms. The molecular weight excluding hydrogens is 336 g/mol. The minimum atomic E-state index is -0.626. The van der Waals surface area contributed by atoms with Crippen molar-refractivity contribution >= 4 is 21.9 Å². The minimum absolute atomic E-state index is 0.0417. The molecule has 0 radical (unpaired) electrons. The van der Waals surface area contributed by atoms with Crippen LogP contribution >= 0.6 is 15.9 Å². The molecular formula is C15H15BrN2O3. The predicted octanol–water partition coefficient (Wildman–Crippen LogP) is 2.52. The Morgan fingerprint density at radius 3 is 2.76 bits per heavy atom. The zero-order valence-electron chi connectivity index (χ0n) is 12.0. The van der Waals surface area contributed by atoms with E-state index < -0.39 is 11.5 Å². The van der Waals surface area contributed by atoms with E-state index in [0.717, 1.165) is 14.7 Å². The number of esters is 1. The van der Waals surface area contributed by atoms with Gasteiger partial charge in [-0.1, -0.05) is 28.1 Å². The van der Waals surface area contributed by atoms with Gasteiger partial charge in [-0.05, 0) is 37.1 Å². The van der Waals surface area contributed by atoms with Gasteiger partial charge in [-0.15, -0.1) is 0 Å². The molecule has 1 heterocycles. The number of rotatable bonds is 3. The highest BCUT2D eigenvalue weighted by Gasteiger charge is 2.19. The maximum atomic E-state index is 12.2. The van der Waals surface area contributed by atoms with E-state index >= 15 is 0 Å². The number of nitrogens with zero attached hydrogens (tertiary/aromatic N) is 2. The quantitative estimate of drug-likeness (QED) is 0.798. The van der Waals surface area contributed by atoms with E-state index in [4.69, 9.17) is 4.74 Å². The molecule has 1 aromatic carbocycles. The molecule has 0 aliphatic carbocycles. The first kappa shape index (κ1) is 15.4. The van der Waals surface area contributed by atoms with Crippen molar-refractivity contribution in [3.8, 4) is 0 Å². The minimum Gasteiger partial charge on any atom is -0.457 e. The van der Waals surface area contributed by atoms with Crippen molar-refractivity contribution in [2.24, 2.45) is 7.05 Å². The molecule has 0 aliphatic rings. The third-order valence-electron chi connectivity index (χ3n) is 3.19. The average molecular weight is 351 g/mol. The fourth-order valence-corrected chi connectivity index (χ4v) is 2.38. The van der Waals surface area contributed by atoms with Crippen molar-refractivity contribution in [2.45, 2.75) is 20.5 Å². The van der Waals surface area contributed by atoms with Gasteiger partial charge in [0.15, 0.2) is 0 Å². The Balaban J connectivity index is 2.24. The van der Waals surface area contributed by atoms with Gasteiger partial charge >= 0.3 is 5.97 Å². The molecule has 0 bridgehead atoms. The van der Waals surface area contributed by atoms with Gasteiger partial charge in [-0.2, -0.15) is 5.10 Å². The highest BCUT2D eigenvalue weighted by Crippen LogP contribution is 2.14. The molecule has 0 atom stereocenters. The van der Waals surface area contributed by atoms with E-state index in [-0.39, 0.29) is 12.2 Å². The number of ether oxygens (including phenoxy) is 1. The van der Waals surface area contributed by atoms with Crippen molar-refractivity contribution in [1.82, 2.24) is 9.78 Å². The summed E-state index contributed by atoms with van der Waals surface area (Å²) in [6.07, 6.45) is 0. The summed E-state index contributed by atoms with van der Waals surface area (Å²) in [7, 11) is 1.51. The molecule has 0 amide bonds. The van der Waals surface area contributed by atoms with Gasteiger partial charge in [0.25, 0.3) is 5.56 Å². The summed E-state index contributed by atoms with van der Waals surface area (Å²) in [6, 6.07) is 7.45. The second kappa shape index (κ2) is 6.22. The molecule has 0 saturated carbocycles. The van der Waals surface area contributed by atoms with Crippen LogP contribution in [0.3, 0.4) is 0 Å². The summed E-state index contributed by atoms with van der Waals surface area (Å²) in [4.78, 5) is 24.2. The third kappa shape index (κ3) is 3.39. The lowest BCUT2D eigenvalue weighted by atomic mass is 10.1. The lowest BCUT2D eigenvalue weighted by molar-refractivity contribution is 0.0468. The van der Waals surface area contributed by atoms with Crippen LogP contribution in [0.2, 0.25) is 0 Å². The van der Waals surface area contributed by atoms with Crippen LogP contribution in [-0.4, -0.2) is 15.7 Å². The van der Waals surface area contributed by atoms with Gasteiger partial charge in [0.1, 0.15) is 12.2 Å². The number of aryl methyl sites for hydroxylation is 2. The largest absolute Gasteiger partial charge is 0.457 e. The molecule has 0 N–H and O–H groups in total. The number of benzene rings is 1. The molecule has 6 heteroatoms. The Morgan fingerprint density at radius 1 is 1.38 bits per heavy atom. The number of hydrogen-bond acceptors (Lipinski definition) is 4.